The highest BCUT2D eigenvalue weighted by molar-refractivity contribution is 14.0. The largest absolute Gasteiger partial charge is 0.382 e. The Morgan fingerprint density at radius 3 is 2.83 bits per heavy atom. The van der Waals surface area contributed by atoms with E-state index in [0.29, 0.717) is 18.3 Å². The maximum absolute atomic E-state index is 11.8. The molecule has 1 rings (SSSR count). The lowest BCUT2D eigenvalue weighted by molar-refractivity contribution is -0.114. The van der Waals surface area contributed by atoms with E-state index in [0.717, 1.165) is 26.1 Å². The predicted molar refractivity (Wildman–Crippen MR) is 103 cm³/mol. The third-order valence-corrected chi connectivity index (χ3v) is 2.63. The minimum absolute atomic E-state index is 0. The molecule has 7 nitrogen and oxygen atoms in total. The van der Waals surface area contributed by atoms with Crippen LogP contribution in [0.1, 0.15) is 20.3 Å². The summed E-state index contributed by atoms with van der Waals surface area (Å²) in [4.78, 5) is 20.0. The van der Waals surface area contributed by atoms with Gasteiger partial charge in [-0.05, 0) is 32.4 Å². The second-order valence-corrected chi connectivity index (χ2v) is 4.46. The second-order valence-electron chi connectivity index (χ2n) is 4.46. The Morgan fingerprint density at radius 2 is 2.17 bits per heavy atom. The summed E-state index contributed by atoms with van der Waals surface area (Å²) in [5, 5.41) is 9.00. The zero-order valence-electron chi connectivity index (χ0n) is 13.7. The van der Waals surface area contributed by atoms with Gasteiger partial charge in [-0.25, -0.2) is 4.99 Å². The lowest BCUT2D eigenvalue weighted by atomic mass is 10.4. The van der Waals surface area contributed by atoms with E-state index in [4.69, 9.17) is 4.74 Å². The molecule has 0 aliphatic rings. The zero-order chi connectivity index (χ0) is 16.0. The highest BCUT2D eigenvalue weighted by atomic mass is 127. The van der Waals surface area contributed by atoms with Crippen molar-refractivity contribution in [3.63, 3.8) is 0 Å². The monoisotopic (exact) mass is 435 g/mol. The van der Waals surface area contributed by atoms with Crippen LogP contribution in [-0.2, 0) is 9.53 Å². The highest BCUT2D eigenvalue weighted by Gasteiger charge is 2.02. The molecule has 1 aromatic rings. The number of ether oxygens (including phenoxy) is 1. The van der Waals surface area contributed by atoms with Gasteiger partial charge in [-0.3, -0.25) is 9.78 Å². The molecule has 23 heavy (non-hydrogen) atoms. The molecule has 0 aliphatic carbocycles. The molecular formula is C15H26IN5O2. The number of amides is 1. The van der Waals surface area contributed by atoms with E-state index in [1.807, 2.05) is 13.8 Å². The van der Waals surface area contributed by atoms with E-state index in [1.165, 1.54) is 0 Å². The first-order chi connectivity index (χ1) is 10.8. The molecule has 130 valence electrons. The number of anilines is 1. The molecule has 0 unspecified atom stereocenters. The van der Waals surface area contributed by atoms with Gasteiger partial charge in [0.25, 0.3) is 0 Å². The number of aromatic nitrogens is 1. The van der Waals surface area contributed by atoms with Gasteiger partial charge in [0.15, 0.2) is 5.96 Å². The minimum Gasteiger partial charge on any atom is -0.382 e. The van der Waals surface area contributed by atoms with Crippen molar-refractivity contribution in [2.75, 3.05) is 38.2 Å². The molecule has 0 aromatic carbocycles. The number of carbonyl (C=O) groups is 1. The predicted octanol–water partition coefficient (Wildman–Crippen LogP) is 1.62. The van der Waals surface area contributed by atoms with Gasteiger partial charge in [-0.1, -0.05) is 0 Å². The summed E-state index contributed by atoms with van der Waals surface area (Å²) in [5.41, 5.74) is 0.664. The van der Waals surface area contributed by atoms with E-state index >= 15 is 0 Å². The van der Waals surface area contributed by atoms with Gasteiger partial charge in [-0.15, -0.1) is 24.0 Å². The topological polar surface area (TPSA) is 87.6 Å². The Kier molecular flexibility index (Phi) is 13.3. The number of aliphatic imine (C=N–C) groups is 1. The van der Waals surface area contributed by atoms with E-state index < -0.39 is 0 Å². The lowest BCUT2D eigenvalue weighted by Gasteiger charge is -2.11. The first-order valence-corrected chi connectivity index (χ1v) is 7.56. The van der Waals surface area contributed by atoms with Crippen LogP contribution in [0.25, 0.3) is 0 Å². The molecule has 0 aliphatic heterocycles. The van der Waals surface area contributed by atoms with Crippen molar-refractivity contribution in [1.82, 2.24) is 15.6 Å². The fourth-order valence-electron chi connectivity index (χ4n) is 1.66. The summed E-state index contributed by atoms with van der Waals surface area (Å²) in [6.45, 7) is 6.92. The summed E-state index contributed by atoms with van der Waals surface area (Å²) < 4.78 is 5.27. The van der Waals surface area contributed by atoms with Crippen molar-refractivity contribution in [3.05, 3.63) is 24.5 Å². The van der Waals surface area contributed by atoms with E-state index in [9.17, 15) is 4.79 Å². The van der Waals surface area contributed by atoms with Crippen LogP contribution in [0.15, 0.2) is 29.5 Å². The van der Waals surface area contributed by atoms with Crippen LogP contribution < -0.4 is 16.0 Å². The van der Waals surface area contributed by atoms with E-state index in [2.05, 4.69) is 25.9 Å². The number of nitrogens with one attached hydrogen (secondary N) is 3. The number of halogens is 1. The van der Waals surface area contributed by atoms with Crippen molar-refractivity contribution >= 4 is 41.5 Å². The van der Waals surface area contributed by atoms with Crippen LogP contribution in [0.5, 0.6) is 0 Å². The third-order valence-electron chi connectivity index (χ3n) is 2.63. The van der Waals surface area contributed by atoms with E-state index in [-0.39, 0.29) is 36.4 Å². The summed E-state index contributed by atoms with van der Waals surface area (Å²) in [6.07, 6.45) is 4.14. The number of carbonyl (C=O) groups excluding carboxylic acids is 1. The molecule has 8 heteroatoms. The quantitative estimate of drug-likeness (QED) is 0.238. The van der Waals surface area contributed by atoms with Crippen molar-refractivity contribution in [2.24, 2.45) is 4.99 Å². The number of pyridine rings is 1. The first-order valence-electron chi connectivity index (χ1n) is 7.56. The van der Waals surface area contributed by atoms with Crippen molar-refractivity contribution in [3.8, 4) is 0 Å². The molecule has 1 heterocycles. The summed E-state index contributed by atoms with van der Waals surface area (Å²) in [6, 6.07) is 3.55. The lowest BCUT2D eigenvalue weighted by Crippen LogP contribution is -2.38. The summed E-state index contributed by atoms with van der Waals surface area (Å²) in [7, 11) is 0. The highest BCUT2D eigenvalue weighted by Crippen LogP contribution is 2.01. The summed E-state index contributed by atoms with van der Waals surface area (Å²) >= 11 is 0. The molecule has 0 saturated heterocycles. The van der Waals surface area contributed by atoms with Crippen molar-refractivity contribution < 1.29 is 9.53 Å². The number of hydrogen-bond donors (Lipinski definition) is 3. The van der Waals surface area contributed by atoms with Gasteiger partial charge in [0, 0.05) is 32.5 Å². The number of nitrogens with zero attached hydrogens (tertiary/aromatic N) is 2. The van der Waals surface area contributed by atoms with Crippen LogP contribution in [0, 0.1) is 0 Å². The Morgan fingerprint density at radius 1 is 1.35 bits per heavy atom. The molecule has 0 atom stereocenters. The molecule has 0 spiro atoms. The third kappa shape index (κ3) is 10.9. The maximum Gasteiger partial charge on any atom is 0.246 e. The van der Waals surface area contributed by atoms with Crippen LogP contribution in [0.3, 0.4) is 0 Å². The fourth-order valence-corrected chi connectivity index (χ4v) is 1.66. The molecule has 0 radical (unpaired) electrons. The van der Waals surface area contributed by atoms with Gasteiger partial charge in [0.2, 0.25) is 5.91 Å². The minimum atomic E-state index is -0.181. The number of hydrogen-bond acceptors (Lipinski definition) is 4. The Hall–Kier alpha value is -1.42. The number of rotatable bonds is 9. The van der Waals surface area contributed by atoms with Gasteiger partial charge in [-0.2, -0.15) is 0 Å². The molecule has 3 N–H and O–H groups in total. The molecule has 1 amide bonds. The van der Waals surface area contributed by atoms with Crippen molar-refractivity contribution in [2.45, 2.75) is 20.3 Å². The average molecular weight is 435 g/mol. The normalized spacial score (nSPS) is 10.6. The van der Waals surface area contributed by atoms with E-state index in [1.54, 1.807) is 24.5 Å². The van der Waals surface area contributed by atoms with Crippen LogP contribution >= 0.6 is 24.0 Å². The van der Waals surface area contributed by atoms with Crippen LogP contribution in [-0.4, -0.2) is 49.7 Å². The molecule has 1 aromatic heterocycles. The Labute approximate surface area is 154 Å². The maximum atomic E-state index is 11.8. The summed E-state index contributed by atoms with van der Waals surface area (Å²) in [5.74, 6) is 0.444. The van der Waals surface area contributed by atoms with Gasteiger partial charge in [0.05, 0.1) is 11.9 Å². The second kappa shape index (κ2) is 14.2. The zero-order valence-corrected chi connectivity index (χ0v) is 16.0. The molecule has 0 bridgehead atoms. The van der Waals surface area contributed by atoms with Crippen molar-refractivity contribution in [1.29, 1.82) is 0 Å². The van der Waals surface area contributed by atoms with Crippen LogP contribution in [0.2, 0.25) is 0 Å². The smallest absolute Gasteiger partial charge is 0.246 e. The Bertz CT molecular complexity index is 456. The molecule has 0 fully saturated rings. The SMILES string of the molecule is CCNC(=NCC(=O)Nc1cccnc1)NCCCOCC.I. The molecule has 0 saturated carbocycles. The van der Waals surface area contributed by atoms with Gasteiger partial charge >= 0.3 is 0 Å². The fraction of sp³-hybridized carbons (Fsp3) is 0.533. The average Bonchev–Trinajstić information content (AvgIpc) is 2.53. The van der Waals surface area contributed by atoms with Crippen LogP contribution in [0.4, 0.5) is 5.69 Å². The first kappa shape index (κ1) is 21.6. The Balaban J connectivity index is 0.00000484. The van der Waals surface area contributed by atoms with Gasteiger partial charge < -0.3 is 20.7 Å². The van der Waals surface area contributed by atoms with Gasteiger partial charge in [0.1, 0.15) is 6.54 Å². The number of guanidine groups is 1. The standard InChI is InChI=1S/C15H25N5O2.HI/c1-3-17-15(18-9-6-10-22-4-2)19-12-14(21)20-13-7-5-8-16-11-13;/h5,7-8,11H,3-4,6,9-10,12H2,1-2H3,(H,20,21)(H2,17,18,19);1H. The molecular weight excluding hydrogens is 409 g/mol.